The molecule has 0 atom stereocenters. The second kappa shape index (κ2) is 4.49. The van der Waals surface area contributed by atoms with E-state index in [0.29, 0.717) is 11.0 Å². The lowest BCUT2D eigenvalue weighted by Crippen LogP contribution is -2.21. The van der Waals surface area contributed by atoms with Crippen LogP contribution in [0.15, 0.2) is 53.4 Å². The number of phenolic OH excluding ortho intramolecular Hbond substituents is 1. The van der Waals surface area contributed by atoms with Gasteiger partial charge in [-0.25, -0.2) is 0 Å². The summed E-state index contributed by atoms with van der Waals surface area (Å²) in [6.45, 7) is 0. The zero-order chi connectivity index (χ0) is 14.2. The Morgan fingerprint density at radius 3 is 2.55 bits per heavy atom. The van der Waals surface area contributed by atoms with E-state index in [1.54, 1.807) is 24.3 Å². The van der Waals surface area contributed by atoms with Gasteiger partial charge >= 0.3 is 10.1 Å². The Bertz CT molecular complexity index is 873. The van der Waals surface area contributed by atoms with Crippen LogP contribution in [0.1, 0.15) is 0 Å². The fourth-order valence-corrected chi connectivity index (χ4v) is 2.65. The minimum Gasteiger partial charge on any atom is -0.506 e. The lowest BCUT2D eigenvalue weighted by atomic mass is 10.3. The van der Waals surface area contributed by atoms with E-state index in [4.69, 9.17) is 4.28 Å². The zero-order valence-electron chi connectivity index (χ0n) is 10.0. The highest BCUT2D eigenvalue weighted by atomic mass is 32.2. The number of benzene rings is 2. The molecule has 0 saturated carbocycles. The predicted octanol–water partition coefficient (Wildman–Crippen LogP) is 0.954. The van der Waals surface area contributed by atoms with Gasteiger partial charge < -0.3 is 5.11 Å². The topological polar surface area (TPSA) is 94.3 Å². The van der Waals surface area contributed by atoms with Gasteiger partial charge in [-0.1, -0.05) is 29.1 Å². The third kappa shape index (κ3) is 2.05. The first-order chi connectivity index (χ1) is 9.58. The van der Waals surface area contributed by atoms with E-state index in [1.807, 2.05) is 0 Å². The van der Waals surface area contributed by atoms with Crippen molar-refractivity contribution in [2.75, 3.05) is 0 Å². The summed E-state index contributed by atoms with van der Waals surface area (Å²) < 4.78 is 29.1. The van der Waals surface area contributed by atoms with Gasteiger partial charge in [-0.2, -0.15) is 8.42 Å². The molecule has 0 aliphatic carbocycles. The van der Waals surface area contributed by atoms with Crippen LogP contribution in [0, 0.1) is 0 Å². The van der Waals surface area contributed by atoms with Crippen molar-refractivity contribution in [3.63, 3.8) is 0 Å². The first-order valence-electron chi connectivity index (χ1n) is 5.61. The molecular weight excluding hydrogens is 282 g/mol. The third-order valence-corrected chi connectivity index (χ3v) is 3.85. The number of phenols is 1. The van der Waals surface area contributed by atoms with Crippen molar-refractivity contribution in [1.82, 2.24) is 15.2 Å². The van der Waals surface area contributed by atoms with E-state index in [9.17, 15) is 13.5 Å². The molecule has 1 N–H and O–H groups in total. The van der Waals surface area contributed by atoms with E-state index < -0.39 is 15.9 Å². The lowest BCUT2D eigenvalue weighted by molar-refractivity contribution is 0.243. The smallest absolute Gasteiger partial charge is 0.362 e. The van der Waals surface area contributed by atoms with Crippen LogP contribution < -0.4 is 4.28 Å². The van der Waals surface area contributed by atoms with Gasteiger partial charge in [0, 0.05) is 0 Å². The summed E-state index contributed by atoms with van der Waals surface area (Å²) >= 11 is 0. The van der Waals surface area contributed by atoms with Crippen LogP contribution in [0.2, 0.25) is 0 Å². The summed E-state index contributed by atoms with van der Waals surface area (Å²) in [5.41, 5.74) is 0.909. The number of nitrogens with zero attached hydrogens (tertiary/aromatic N) is 3. The van der Waals surface area contributed by atoms with Crippen LogP contribution in [-0.2, 0) is 10.1 Å². The molecule has 2 aromatic carbocycles. The average Bonchev–Trinajstić information content (AvgIpc) is 2.82. The Hall–Kier alpha value is -2.61. The van der Waals surface area contributed by atoms with E-state index in [1.165, 1.54) is 24.3 Å². The quantitative estimate of drug-likeness (QED) is 0.772. The molecule has 0 amide bonds. The molecular formula is C12H9N3O4S. The monoisotopic (exact) mass is 291 g/mol. The summed E-state index contributed by atoms with van der Waals surface area (Å²) in [7, 11) is -4.19. The standard InChI is InChI=1S/C12H9N3O4S/c16-11-7-3-4-8-12(11)20(17,18)19-15-10-6-2-1-5-9(10)13-14-15/h1-8,16H. The van der Waals surface area contributed by atoms with Crippen molar-refractivity contribution in [2.24, 2.45) is 0 Å². The second-order valence-electron chi connectivity index (χ2n) is 3.95. The van der Waals surface area contributed by atoms with Gasteiger partial charge in [0.25, 0.3) is 0 Å². The molecule has 3 aromatic rings. The molecule has 0 aliphatic rings. The van der Waals surface area contributed by atoms with Crippen LogP contribution in [0.4, 0.5) is 0 Å². The molecule has 8 heteroatoms. The van der Waals surface area contributed by atoms with Crippen LogP contribution in [-0.4, -0.2) is 28.7 Å². The lowest BCUT2D eigenvalue weighted by Gasteiger charge is -2.06. The number of rotatable bonds is 3. The Morgan fingerprint density at radius 1 is 1.05 bits per heavy atom. The van der Waals surface area contributed by atoms with Crippen LogP contribution in [0.5, 0.6) is 5.75 Å². The first-order valence-corrected chi connectivity index (χ1v) is 7.02. The number of hydrogen-bond acceptors (Lipinski definition) is 6. The summed E-state index contributed by atoms with van der Waals surface area (Å²) in [6.07, 6.45) is 0. The fourth-order valence-electron chi connectivity index (χ4n) is 1.70. The summed E-state index contributed by atoms with van der Waals surface area (Å²) in [6, 6.07) is 12.2. The van der Waals surface area contributed by atoms with Crippen molar-refractivity contribution < 1.29 is 17.8 Å². The zero-order valence-corrected chi connectivity index (χ0v) is 10.9. The van der Waals surface area contributed by atoms with Gasteiger partial charge in [0.2, 0.25) is 0 Å². The molecule has 0 spiro atoms. The first kappa shape index (κ1) is 12.4. The van der Waals surface area contributed by atoms with Gasteiger partial charge in [0.05, 0.1) is 0 Å². The maximum Gasteiger partial charge on any atom is 0.362 e. The van der Waals surface area contributed by atoms with E-state index in [-0.39, 0.29) is 4.90 Å². The average molecular weight is 291 g/mol. The van der Waals surface area contributed by atoms with Crippen LogP contribution >= 0.6 is 0 Å². The molecule has 1 heterocycles. The number of aromatic hydroxyl groups is 1. The molecule has 0 radical (unpaired) electrons. The Balaban J connectivity index is 2.04. The highest BCUT2D eigenvalue weighted by molar-refractivity contribution is 7.87. The number of fused-ring (bicyclic) bond motifs is 1. The largest absolute Gasteiger partial charge is 0.506 e. The van der Waals surface area contributed by atoms with Gasteiger partial charge in [0.1, 0.15) is 21.7 Å². The van der Waals surface area contributed by atoms with E-state index in [2.05, 4.69) is 10.3 Å². The molecule has 0 aliphatic heterocycles. The van der Waals surface area contributed by atoms with Gasteiger partial charge in [0.15, 0.2) is 0 Å². The summed E-state index contributed by atoms with van der Waals surface area (Å²) in [5, 5.41) is 17.0. The molecule has 102 valence electrons. The minimum atomic E-state index is -4.19. The molecule has 0 saturated heterocycles. The van der Waals surface area contributed by atoms with Gasteiger partial charge in [-0.3, -0.25) is 4.28 Å². The normalized spacial score (nSPS) is 11.6. The maximum absolute atomic E-state index is 12.1. The second-order valence-corrected chi connectivity index (χ2v) is 5.44. The highest BCUT2D eigenvalue weighted by Crippen LogP contribution is 2.22. The van der Waals surface area contributed by atoms with Gasteiger partial charge in [-0.15, -0.1) is 5.10 Å². The molecule has 0 unspecified atom stereocenters. The number of hydrogen-bond donors (Lipinski definition) is 1. The predicted molar refractivity (Wildman–Crippen MR) is 69.4 cm³/mol. The third-order valence-electron chi connectivity index (χ3n) is 2.62. The molecule has 3 rings (SSSR count). The van der Waals surface area contributed by atoms with Crippen molar-refractivity contribution in [3.05, 3.63) is 48.5 Å². The molecule has 1 aromatic heterocycles. The Morgan fingerprint density at radius 2 is 1.75 bits per heavy atom. The minimum absolute atomic E-state index is 0.334. The molecule has 20 heavy (non-hydrogen) atoms. The molecule has 7 nitrogen and oxygen atoms in total. The molecule has 0 bridgehead atoms. The molecule has 0 fully saturated rings. The number of aromatic nitrogens is 3. The van der Waals surface area contributed by atoms with Crippen molar-refractivity contribution in [2.45, 2.75) is 4.90 Å². The van der Waals surface area contributed by atoms with E-state index in [0.717, 1.165) is 4.85 Å². The van der Waals surface area contributed by atoms with E-state index >= 15 is 0 Å². The van der Waals surface area contributed by atoms with Crippen molar-refractivity contribution >= 4 is 21.2 Å². The maximum atomic E-state index is 12.1. The van der Waals surface area contributed by atoms with Gasteiger partial charge in [-0.05, 0) is 29.5 Å². The Kier molecular flexibility index (Phi) is 2.79. The highest BCUT2D eigenvalue weighted by Gasteiger charge is 2.22. The Labute approximate surface area is 114 Å². The SMILES string of the molecule is O=S(=O)(On1nnc2ccccc21)c1ccccc1O. The summed E-state index contributed by atoms with van der Waals surface area (Å²) in [5.74, 6) is -0.392. The fraction of sp³-hybridized carbons (Fsp3) is 0. The van der Waals surface area contributed by atoms with Crippen LogP contribution in [0.25, 0.3) is 11.0 Å². The van der Waals surface area contributed by atoms with Crippen molar-refractivity contribution in [1.29, 1.82) is 0 Å². The van der Waals surface area contributed by atoms with Crippen LogP contribution in [0.3, 0.4) is 0 Å². The van der Waals surface area contributed by atoms with Crippen molar-refractivity contribution in [3.8, 4) is 5.75 Å². The summed E-state index contributed by atoms with van der Waals surface area (Å²) in [4.78, 5) is 0.469. The number of para-hydroxylation sites is 2.